The van der Waals surface area contributed by atoms with E-state index < -0.39 is 0 Å². The Kier molecular flexibility index (Phi) is 3.76. The van der Waals surface area contributed by atoms with Crippen LogP contribution in [0.25, 0.3) is 21.5 Å². The molecule has 118 valence electrons. The number of nitrogens with zero attached hydrogens (tertiary/aromatic N) is 2. The number of nitrogens with one attached hydrogen (secondary N) is 2. The lowest BCUT2D eigenvalue weighted by Crippen LogP contribution is -2.10. The molecule has 0 saturated heterocycles. The maximum atomic E-state index is 12.6. The number of hydrogen-bond acceptors (Lipinski definition) is 4. The molecule has 0 atom stereocenters. The first-order chi connectivity index (χ1) is 11.7. The minimum Gasteiger partial charge on any atom is -0.321 e. The molecule has 4 rings (SSSR count). The lowest BCUT2D eigenvalue weighted by molar-refractivity contribution is 0.103. The lowest BCUT2D eigenvalue weighted by atomic mass is 10.2. The topological polar surface area (TPSA) is 70.7 Å². The number of fused-ring (bicyclic) bond motifs is 1. The number of rotatable bonds is 3. The number of amides is 1. The van der Waals surface area contributed by atoms with E-state index in [-0.39, 0.29) is 5.91 Å². The molecular formula is C17H11ClN4OS. The van der Waals surface area contributed by atoms with Crippen LogP contribution in [-0.2, 0) is 0 Å². The Bertz CT molecular complexity index is 1030. The standard InChI is InChI=1S/C17H11ClN4OS/c18-14-12-6-1-2-7-13(12)24-15(14)17(23)21-11-5-3-4-10(8-11)16-19-9-20-22-16/h1-9H,(H,21,23)(H,19,20,22). The molecule has 0 radical (unpaired) electrons. The van der Waals surface area contributed by atoms with Crippen molar-refractivity contribution < 1.29 is 4.79 Å². The molecule has 24 heavy (non-hydrogen) atoms. The van der Waals surface area contributed by atoms with Gasteiger partial charge in [0.2, 0.25) is 0 Å². The molecule has 0 saturated carbocycles. The second-order valence-electron chi connectivity index (χ2n) is 5.11. The van der Waals surface area contributed by atoms with Gasteiger partial charge in [0.15, 0.2) is 5.82 Å². The summed E-state index contributed by atoms with van der Waals surface area (Å²) in [6.07, 6.45) is 1.44. The molecule has 0 unspecified atom stereocenters. The van der Waals surface area contributed by atoms with Crippen LogP contribution >= 0.6 is 22.9 Å². The van der Waals surface area contributed by atoms with Gasteiger partial charge in [-0.3, -0.25) is 9.89 Å². The van der Waals surface area contributed by atoms with Gasteiger partial charge in [-0.15, -0.1) is 11.3 Å². The molecule has 0 spiro atoms. The minimum absolute atomic E-state index is 0.226. The number of H-pyrrole nitrogens is 1. The average Bonchev–Trinajstić information content (AvgIpc) is 3.24. The maximum absolute atomic E-state index is 12.6. The number of carbonyl (C=O) groups is 1. The Morgan fingerprint density at radius 1 is 1.17 bits per heavy atom. The smallest absolute Gasteiger partial charge is 0.267 e. The van der Waals surface area contributed by atoms with Crippen molar-refractivity contribution in [3.63, 3.8) is 0 Å². The molecule has 0 aliphatic rings. The van der Waals surface area contributed by atoms with E-state index in [0.29, 0.717) is 21.4 Å². The van der Waals surface area contributed by atoms with Crippen molar-refractivity contribution in [3.05, 3.63) is 64.8 Å². The van der Waals surface area contributed by atoms with Gasteiger partial charge in [-0.2, -0.15) is 5.10 Å². The average molecular weight is 355 g/mol. The third-order valence-corrected chi connectivity index (χ3v) is 5.22. The van der Waals surface area contributed by atoms with E-state index in [1.807, 2.05) is 48.5 Å². The molecular weight excluding hydrogens is 344 g/mol. The van der Waals surface area contributed by atoms with Gasteiger partial charge >= 0.3 is 0 Å². The third-order valence-electron chi connectivity index (χ3n) is 3.55. The zero-order valence-corrected chi connectivity index (χ0v) is 13.9. The first-order valence-electron chi connectivity index (χ1n) is 7.16. The van der Waals surface area contributed by atoms with Gasteiger partial charge in [0, 0.05) is 21.3 Å². The van der Waals surface area contributed by atoms with Crippen LogP contribution in [0.3, 0.4) is 0 Å². The summed E-state index contributed by atoms with van der Waals surface area (Å²) >= 11 is 7.74. The van der Waals surface area contributed by atoms with E-state index in [9.17, 15) is 4.79 Å². The number of aromatic amines is 1. The Hall–Kier alpha value is -2.70. The van der Waals surface area contributed by atoms with Crippen LogP contribution in [0.15, 0.2) is 54.9 Å². The third kappa shape index (κ3) is 2.66. The fourth-order valence-electron chi connectivity index (χ4n) is 2.44. The van der Waals surface area contributed by atoms with Crippen molar-refractivity contribution in [2.24, 2.45) is 0 Å². The van der Waals surface area contributed by atoms with E-state index in [2.05, 4.69) is 20.5 Å². The molecule has 0 aliphatic heterocycles. The fraction of sp³-hybridized carbons (Fsp3) is 0. The van der Waals surface area contributed by atoms with E-state index in [4.69, 9.17) is 11.6 Å². The first kappa shape index (κ1) is 14.9. The van der Waals surface area contributed by atoms with Crippen LogP contribution in [0.1, 0.15) is 9.67 Å². The first-order valence-corrected chi connectivity index (χ1v) is 8.36. The maximum Gasteiger partial charge on any atom is 0.267 e. The largest absolute Gasteiger partial charge is 0.321 e. The van der Waals surface area contributed by atoms with Gasteiger partial charge in [0.25, 0.3) is 5.91 Å². The predicted molar refractivity (Wildman–Crippen MR) is 96.6 cm³/mol. The number of halogens is 1. The fourth-order valence-corrected chi connectivity index (χ4v) is 3.85. The monoisotopic (exact) mass is 354 g/mol. The molecule has 0 fully saturated rings. The highest BCUT2D eigenvalue weighted by Crippen LogP contribution is 2.35. The van der Waals surface area contributed by atoms with Gasteiger partial charge in [0.05, 0.1) is 5.02 Å². The molecule has 2 heterocycles. The van der Waals surface area contributed by atoms with Crippen molar-refractivity contribution in [1.29, 1.82) is 0 Å². The van der Waals surface area contributed by atoms with Gasteiger partial charge in [-0.25, -0.2) is 4.98 Å². The van der Waals surface area contributed by atoms with Gasteiger partial charge in [-0.1, -0.05) is 41.9 Å². The predicted octanol–water partition coefficient (Wildman–Crippen LogP) is 4.59. The van der Waals surface area contributed by atoms with Gasteiger partial charge in [-0.05, 0) is 18.2 Å². The molecule has 0 aliphatic carbocycles. The zero-order valence-electron chi connectivity index (χ0n) is 12.3. The lowest BCUT2D eigenvalue weighted by Gasteiger charge is -2.05. The molecule has 7 heteroatoms. The Balaban J connectivity index is 1.64. The normalized spacial score (nSPS) is 10.9. The Morgan fingerprint density at radius 3 is 2.83 bits per heavy atom. The van der Waals surface area contributed by atoms with Crippen molar-refractivity contribution in [2.75, 3.05) is 5.32 Å². The number of aromatic nitrogens is 3. The summed E-state index contributed by atoms with van der Waals surface area (Å²) in [5.74, 6) is 0.418. The van der Waals surface area contributed by atoms with Crippen LogP contribution in [0.4, 0.5) is 5.69 Å². The molecule has 1 amide bonds. The quantitative estimate of drug-likeness (QED) is 0.565. The minimum atomic E-state index is -0.226. The van der Waals surface area contributed by atoms with Crippen LogP contribution in [-0.4, -0.2) is 21.1 Å². The molecule has 4 aromatic rings. The number of carbonyl (C=O) groups excluding carboxylic acids is 1. The van der Waals surface area contributed by atoms with Crippen molar-refractivity contribution >= 4 is 44.6 Å². The van der Waals surface area contributed by atoms with E-state index in [0.717, 1.165) is 15.6 Å². The van der Waals surface area contributed by atoms with E-state index in [1.165, 1.54) is 17.7 Å². The van der Waals surface area contributed by atoms with Crippen LogP contribution in [0, 0.1) is 0 Å². The van der Waals surface area contributed by atoms with Gasteiger partial charge < -0.3 is 5.32 Å². The van der Waals surface area contributed by atoms with Crippen molar-refractivity contribution in [2.45, 2.75) is 0 Å². The molecule has 2 aromatic heterocycles. The molecule has 2 N–H and O–H groups in total. The van der Waals surface area contributed by atoms with Crippen LogP contribution in [0.2, 0.25) is 5.02 Å². The van der Waals surface area contributed by atoms with Crippen molar-refractivity contribution in [1.82, 2.24) is 15.2 Å². The zero-order chi connectivity index (χ0) is 16.5. The molecule has 2 aromatic carbocycles. The molecule has 5 nitrogen and oxygen atoms in total. The highest BCUT2D eigenvalue weighted by Gasteiger charge is 2.17. The highest BCUT2D eigenvalue weighted by atomic mass is 35.5. The SMILES string of the molecule is O=C(Nc1cccc(-c2ncn[nH]2)c1)c1sc2ccccc2c1Cl. The van der Waals surface area contributed by atoms with Gasteiger partial charge in [0.1, 0.15) is 11.2 Å². The second kappa shape index (κ2) is 6.07. The summed E-state index contributed by atoms with van der Waals surface area (Å²) in [4.78, 5) is 17.2. The summed E-state index contributed by atoms with van der Waals surface area (Å²) < 4.78 is 0.989. The summed E-state index contributed by atoms with van der Waals surface area (Å²) in [5, 5.41) is 10.9. The van der Waals surface area contributed by atoms with Crippen LogP contribution < -0.4 is 5.32 Å². The summed E-state index contributed by atoms with van der Waals surface area (Å²) in [6.45, 7) is 0. The number of hydrogen-bond donors (Lipinski definition) is 2. The summed E-state index contributed by atoms with van der Waals surface area (Å²) in [7, 11) is 0. The summed E-state index contributed by atoms with van der Waals surface area (Å²) in [5.41, 5.74) is 1.51. The van der Waals surface area contributed by atoms with E-state index in [1.54, 1.807) is 0 Å². The second-order valence-corrected chi connectivity index (χ2v) is 6.54. The van der Waals surface area contributed by atoms with Crippen molar-refractivity contribution in [3.8, 4) is 11.4 Å². The molecule has 0 bridgehead atoms. The van der Waals surface area contributed by atoms with E-state index >= 15 is 0 Å². The number of benzene rings is 2. The highest BCUT2D eigenvalue weighted by molar-refractivity contribution is 7.21. The van der Waals surface area contributed by atoms with Crippen LogP contribution in [0.5, 0.6) is 0 Å². The Labute approximate surface area is 146 Å². The number of anilines is 1. The Morgan fingerprint density at radius 2 is 2.04 bits per heavy atom. The summed E-state index contributed by atoms with van der Waals surface area (Å²) in [6, 6.07) is 15.1. The number of thiophene rings is 1.